The molecular formula is C15H14BrClN2O. The molecule has 0 radical (unpaired) electrons. The number of aryl methyl sites for hydroxylation is 2. The van der Waals surface area contributed by atoms with Gasteiger partial charge in [0.1, 0.15) is 17.3 Å². The van der Waals surface area contributed by atoms with Gasteiger partial charge in [0.25, 0.3) is 0 Å². The summed E-state index contributed by atoms with van der Waals surface area (Å²) in [6.45, 7) is 3.86. The van der Waals surface area contributed by atoms with Gasteiger partial charge in [-0.3, -0.25) is 5.41 Å². The second kappa shape index (κ2) is 5.85. The summed E-state index contributed by atoms with van der Waals surface area (Å²) >= 11 is 9.38. The van der Waals surface area contributed by atoms with E-state index in [1.807, 2.05) is 32.0 Å². The summed E-state index contributed by atoms with van der Waals surface area (Å²) in [4.78, 5) is 0. The summed E-state index contributed by atoms with van der Waals surface area (Å²) in [6.07, 6.45) is 0. The lowest BCUT2D eigenvalue weighted by molar-refractivity contribution is 0.474. The summed E-state index contributed by atoms with van der Waals surface area (Å²) in [5.74, 6) is 1.25. The number of halogens is 2. The average Bonchev–Trinajstić information content (AvgIpc) is 2.34. The highest BCUT2D eigenvalue weighted by Gasteiger charge is 2.12. The van der Waals surface area contributed by atoms with Crippen molar-refractivity contribution in [2.45, 2.75) is 13.8 Å². The van der Waals surface area contributed by atoms with E-state index >= 15 is 0 Å². The molecule has 2 aromatic carbocycles. The van der Waals surface area contributed by atoms with E-state index < -0.39 is 0 Å². The highest BCUT2D eigenvalue weighted by atomic mass is 79.9. The van der Waals surface area contributed by atoms with Crippen molar-refractivity contribution in [1.29, 1.82) is 5.41 Å². The number of hydrogen-bond acceptors (Lipinski definition) is 2. The Morgan fingerprint density at radius 3 is 2.35 bits per heavy atom. The molecule has 0 saturated heterocycles. The Kier molecular flexibility index (Phi) is 4.35. The van der Waals surface area contributed by atoms with E-state index in [0.717, 1.165) is 21.3 Å². The van der Waals surface area contributed by atoms with E-state index in [1.54, 1.807) is 12.1 Å². The predicted molar refractivity (Wildman–Crippen MR) is 86.2 cm³/mol. The molecule has 0 unspecified atom stereocenters. The Balaban J connectivity index is 2.48. The Bertz CT molecular complexity index is 663. The zero-order valence-electron chi connectivity index (χ0n) is 11.1. The van der Waals surface area contributed by atoms with Crippen LogP contribution in [0.2, 0.25) is 5.02 Å². The number of nitrogen functional groups attached to an aromatic ring is 1. The summed E-state index contributed by atoms with van der Waals surface area (Å²) in [7, 11) is 0. The fraction of sp³-hybridized carbons (Fsp3) is 0.133. The zero-order chi connectivity index (χ0) is 14.9. The van der Waals surface area contributed by atoms with E-state index in [-0.39, 0.29) is 5.84 Å². The minimum atomic E-state index is -0.0365. The molecule has 5 heteroatoms. The first-order chi connectivity index (χ1) is 9.38. The normalized spacial score (nSPS) is 10.4. The van der Waals surface area contributed by atoms with Gasteiger partial charge in [0.2, 0.25) is 0 Å². The van der Waals surface area contributed by atoms with Gasteiger partial charge in [-0.25, -0.2) is 0 Å². The van der Waals surface area contributed by atoms with Crippen molar-refractivity contribution >= 4 is 33.4 Å². The van der Waals surface area contributed by atoms with Crippen molar-refractivity contribution in [3.05, 3.63) is 56.5 Å². The molecule has 0 aliphatic heterocycles. The number of nitrogens with one attached hydrogen (secondary N) is 1. The maximum Gasteiger partial charge on any atom is 0.138 e. The number of rotatable bonds is 3. The maximum absolute atomic E-state index is 7.64. The van der Waals surface area contributed by atoms with Crippen LogP contribution in [0, 0.1) is 19.3 Å². The second-order valence-corrected chi connectivity index (χ2v) is 5.88. The molecule has 0 heterocycles. The minimum Gasteiger partial charge on any atom is -0.456 e. The lowest BCUT2D eigenvalue weighted by Gasteiger charge is -2.15. The SMILES string of the molecule is Cc1cc(Cl)cc(C)c1Oc1ccc(Br)cc1C(=N)N. The number of ether oxygens (including phenoxy) is 1. The quantitative estimate of drug-likeness (QED) is 0.615. The van der Waals surface area contributed by atoms with Crippen LogP contribution < -0.4 is 10.5 Å². The Morgan fingerprint density at radius 1 is 1.20 bits per heavy atom. The summed E-state index contributed by atoms with van der Waals surface area (Å²) in [5, 5.41) is 8.31. The van der Waals surface area contributed by atoms with Crippen LogP contribution in [0.1, 0.15) is 16.7 Å². The molecule has 2 rings (SSSR count). The van der Waals surface area contributed by atoms with Gasteiger partial charge < -0.3 is 10.5 Å². The lowest BCUT2D eigenvalue weighted by Crippen LogP contribution is -2.12. The van der Waals surface area contributed by atoms with Crippen LogP contribution in [0.15, 0.2) is 34.8 Å². The van der Waals surface area contributed by atoms with Gasteiger partial charge in [-0.05, 0) is 55.3 Å². The van der Waals surface area contributed by atoms with E-state index in [9.17, 15) is 0 Å². The van der Waals surface area contributed by atoms with Crippen LogP contribution in [0.25, 0.3) is 0 Å². The molecule has 0 saturated carbocycles. The first-order valence-corrected chi connectivity index (χ1v) is 7.14. The fourth-order valence-corrected chi connectivity index (χ4v) is 2.66. The van der Waals surface area contributed by atoms with Crippen molar-refractivity contribution in [3.63, 3.8) is 0 Å². The molecule has 0 atom stereocenters. The largest absolute Gasteiger partial charge is 0.456 e. The minimum absolute atomic E-state index is 0.0365. The standard InChI is InChI=1S/C15H14BrClN2O/c1-8-5-11(17)6-9(2)14(8)20-13-4-3-10(16)7-12(13)15(18)19/h3-7H,1-2H3,(H3,18,19). The zero-order valence-corrected chi connectivity index (χ0v) is 13.5. The van der Waals surface area contributed by atoms with Crippen LogP contribution in [0.5, 0.6) is 11.5 Å². The topological polar surface area (TPSA) is 59.1 Å². The van der Waals surface area contributed by atoms with Gasteiger partial charge >= 0.3 is 0 Å². The molecule has 0 fully saturated rings. The third-order valence-electron chi connectivity index (χ3n) is 2.87. The third kappa shape index (κ3) is 3.14. The molecule has 0 bridgehead atoms. The van der Waals surface area contributed by atoms with E-state index in [0.29, 0.717) is 16.3 Å². The number of nitrogens with two attached hydrogens (primary N) is 1. The molecule has 0 amide bonds. The Morgan fingerprint density at radius 2 is 1.80 bits per heavy atom. The van der Waals surface area contributed by atoms with Crippen LogP contribution in [0.3, 0.4) is 0 Å². The van der Waals surface area contributed by atoms with Crippen molar-refractivity contribution in [2.24, 2.45) is 5.73 Å². The second-order valence-electron chi connectivity index (χ2n) is 4.52. The third-order valence-corrected chi connectivity index (χ3v) is 3.58. The number of hydrogen-bond donors (Lipinski definition) is 2. The van der Waals surface area contributed by atoms with Crippen LogP contribution in [0.4, 0.5) is 0 Å². The Labute approximate surface area is 131 Å². The van der Waals surface area contributed by atoms with Crippen molar-refractivity contribution in [2.75, 3.05) is 0 Å². The van der Waals surface area contributed by atoms with Crippen molar-refractivity contribution in [1.82, 2.24) is 0 Å². The van der Waals surface area contributed by atoms with E-state index in [4.69, 9.17) is 27.5 Å². The summed E-state index contributed by atoms with van der Waals surface area (Å²) in [6, 6.07) is 9.08. The number of amidine groups is 1. The van der Waals surface area contributed by atoms with Crippen LogP contribution in [-0.2, 0) is 0 Å². The van der Waals surface area contributed by atoms with Gasteiger partial charge in [-0.15, -0.1) is 0 Å². The molecule has 3 nitrogen and oxygen atoms in total. The van der Waals surface area contributed by atoms with Gasteiger partial charge in [0, 0.05) is 9.50 Å². The first kappa shape index (κ1) is 14.9. The lowest BCUT2D eigenvalue weighted by atomic mass is 10.1. The predicted octanol–water partition coefficient (Wildman–Crippen LogP) is 4.80. The van der Waals surface area contributed by atoms with Crippen LogP contribution >= 0.6 is 27.5 Å². The van der Waals surface area contributed by atoms with Gasteiger partial charge in [0.15, 0.2) is 0 Å². The summed E-state index contributed by atoms with van der Waals surface area (Å²) in [5.41, 5.74) is 8.02. The van der Waals surface area contributed by atoms with Gasteiger partial charge in [-0.1, -0.05) is 27.5 Å². The number of benzene rings is 2. The summed E-state index contributed by atoms with van der Waals surface area (Å²) < 4.78 is 6.79. The molecule has 3 N–H and O–H groups in total. The van der Waals surface area contributed by atoms with E-state index in [1.165, 1.54) is 0 Å². The smallest absolute Gasteiger partial charge is 0.138 e. The monoisotopic (exact) mass is 352 g/mol. The van der Waals surface area contributed by atoms with Crippen molar-refractivity contribution < 1.29 is 4.74 Å². The van der Waals surface area contributed by atoms with Crippen molar-refractivity contribution in [3.8, 4) is 11.5 Å². The van der Waals surface area contributed by atoms with Gasteiger partial charge in [-0.2, -0.15) is 0 Å². The first-order valence-electron chi connectivity index (χ1n) is 5.97. The highest BCUT2D eigenvalue weighted by molar-refractivity contribution is 9.10. The molecule has 0 spiro atoms. The molecule has 20 heavy (non-hydrogen) atoms. The molecule has 0 aliphatic carbocycles. The Hall–Kier alpha value is -1.52. The molecule has 104 valence electrons. The maximum atomic E-state index is 7.64. The molecule has 0 aromatic heterocycles. The molecule has 2 aromatic rings. The molecule has 0 aliphatic rings. The highest BCUT2D eigenvalue weighted by Crippen LogP contribution is 2.33. The average molecular weight is 354 g/mol. The fourth-order valence-electron chi connectivity index (χ4n) is 1.97. The molecular weight excluding hydrogens is 340 g/mol. The van der Waals surface area contributed by atoms with E-state index in [2.05, 4.69) is 15.9 Å². The van der Waals surface area contributed by atoms with Gasteiger partial charge in [0.05, 0.1) is 5.56 Å². The van der Waals surface area contributed by atoms with Crippen LogP contribution in [-0.4, -0.2) is 5.84 Å².